The quantitative estimate of drug-likeness (QED) is 0.602. The molecule has 0 spiro atoms. The summed E-state index contributed by atoms with van der Waals surface area (Å²) in [6.45, 7) is 3.64. The maximum absolute atomic E-state index is 11.3. The number of alkyl halides is 4. The number of carbonyl (C=O) groups excluding carboxylic acids is 2. The van der Waals surface area contributed by atoms with E-state index in [0.29, 0.717) is 0 Å². The van der Waals surface area contributed by atoms with E-state index in [1.165, 1.54) is 0 Å². The van der Waals surface area contributed by atoms with E-state index in [1.807, 2.05) is 13.8 Å². The van der Waals surface area contributed by atoms with Crippen molar-refractivity contribution in [3.05, 3.63) is 0 Å². The minimum Gasteiger partial charge on any atom is -0.461 e. The van der Waals surface area contributed by atoms with Gasteiger partial charge in [-0.1, -0.05) is 60.3 Å². The first-order valence-electron chi connectivity index (χ1n) is 4.79. The summed E-state index contributed by atoms with van der Waals surface area (Å²) in [5, 5.41) is 2.54. The third kappa shape index (κ3) is 7.19. The number of hydrogen-bond acceptors (Lipinski definition) is 3. The normalized spacial score (nSPS) is 13.0. The Morgan fingerprint density at radius 3 is 2.00 bits per heavy atom. The fraction of sp³-hybridized carbons (Fsp3) is 0.778. The zero-order chi connectivity index (χ0) is 13.6. The van der Waals surface area contributed by atoms with Gasteiger partial charge in [-0.3, -0.25) is 4.79 Å². The molecule has 0 aromatic carbocycles. The molecule has 8 heteroatoms. The van der Waals surface area contributed by atoms with E-state index in [1.54, 1.807) is 0 Å². The minimum absolute atomic E-state index is 0.0305. The molecule has 0 aliphatic heterocycles. The minimum atomic E-state index is -1.24. The molecule has 0 aliphatic carbocycles. The molecule has 0 aromatic rings. The van der Waals surface area contributed by atoms with Gasteiger partial charge in [0, 0.05) is 0 Å². The molecule has 1 unspecified atom stereocenters. The van der Waals surface area contributed by atoms with Crippen LogP contribution < -0.4 is 5.32 Å². The molecule has 0 aromatic heterocycles. The molecule has 4 nitrogen and oxygen atoms in total. The zero-order valence-corrected chi connectivity index (χ0v) is 12.3. The zero-order valence-electron chi connectivity index (χ0n) is 9.25. The first kappa shape index (κ1) is 17.1. The second kappa shape index (κ2) is 8.25. The molecule has 1 amide bonds. The number of halogens is 4. The Hall–Kier alpha value is 0.1000. The van der Waals surface area contributed by atoms with Gasteiger partial charge >= 0.3 is 5.97 Å². The summed E-state index contributed by atoms with van der Waals surface area (Å²) in [6, 6.07) is -0.404. The third-order valence-corrected chi connectivity index (χ3v) is 2.67. The average Bonchev–Trinajstić information content (AvgIpc) is 2.22. The van der Waals surface area contributed by atoms with Crippen LogP contribution in [0, 0.1) is 5.92 Å². The van der Waals surface area contributed by atoms with Gasteiger partial charge < -0.3 is 10.1 Å². The monoisotopic (exact) mass is 323 g/mol. The van der Waals surface area contributed by atoms with Crippen molar-refractivity contribution in [3.63, 3.8) is 0 Å². The van der Waals surface area contributed by atoms with Crippen molar-refractivity contribution < 1.29 is 14.3 Å². The topological polar surface area (TPSA) is 55.4 Å². The summed E-state index contributed by atoms with van der Waals surface area (Å²) < 4.78 is 4.80. The molecule has 0 saturated carbocycles. The Balaban J connectivity index is 4.26. The lowest BCUT2D eigenvalue weighted by Crippen LogP contribution is -2.44. The number of hydrogen-bond donors (Lipinski definition) is 1. The van der Waals surface area contributed by atoms with Crippen molar-refractivity contribution in [2.24, 2.45) is 5.92 Å². The number of amides is 1. The molecule has 0 saturated heterocycles. The van der Waals surface area contributed by atoms with Crippen molar-refractivity contribution in [2.75, 3.05) is 6.61 Å². The molecular formula is C9H13Cl4NO3. The molecule has 100 valence electrons. The van der Waals surface area contributed by atoms with E-state index in [4.69, 9.17) is 51.1 Å². The van der Waals surface area contributed by atoms with Crippen LogP contribution in [-0.2, 0) is 14.3 Å². The highest BCUT2D eigenvalue weighted by Gasteiger charge is 2.22. The first-order valence-corrected chi connectivity index (χ1v) is 6.53. The highest BCUT2D eigenvalue weighted by atomic mass is 35.5. The second-order valence-electron chi connectivity index (χ2n) is 3.59. The molecule has 0 bridgehead atoms. The van der Waals surface area contributed by atoms with E-state index in [2.05, 4.69) is 5.32 Å². The van der Waals surface area contributed by atoms with Crippen molar-refractivity contribution in [1.82, 2.24) is 5.32 Å². The number of ether oxygens (including phenoxy) is 1. The van der Waals surface area contributed by atoms with Gasteiger partial charge in [-0.2, -0.15) is 0 Å². The molecular weight excluding hydrogens is 312 g/mol. The fourth-order valence-corrected chi connectivity index (χ4v) is 1.13. The average molecular weight is 325 g/mol. The van der Waals surface area contributed by atoms with Gasteiger partial charge in [0.2, 0.25) is 4.84 Å². The van der Waals surface area contributed by atoms with Gasteiger partial charge in [0.1, 0.15) is 6.61 Å². The summed E-state index contributed by atoms with van der Waals surface area (Å²) in [5.74, 6) is -1.28. The Bertz CT molecular complexity index is 271. The van der Waals surface area contributed by atoms with E-state index in [9.17, 15) is 9.59 Å². The number of esters is 1. The van der Waals surface area contributed by atoms with Crippen molar-refractivity contribution in [3.8, 4) is 0 Å². The molecule has 1 N–H and O–H groups in total. The van der Waals surface area contributed by atoms with Crippen molar-refractivity contribution in [2.45, 2.75) is 29.6 Å². The maximum atomic E-state index is 11.3. The summed E-state index contributed by atoms with van der Waals surface area (Å²) in [5.41, 5.74) is 0. The number of carbonyl (C=O) groups is 2. The van der Waals surface area contributed by atoms with Crippen LogP contribution in [0.1, 0.15) is 13.8 Å². The molecule has 0 fully saturated rings. The standard InChI is InChI=1S/C9H13Cl4NO3/c1-4(2)5(14-8(15)6(10)11)3-17-9(16)7(12)13/h4-7H,3H2,1-2H3,(H,14,15). The van der Waals surface area contributed by atoms with Crippen LogP contribution in [0.15, 0.2) is 0 Å². The molecule has 0 rings (SSSR count). The predicted molar refractivity (Wildman–Crippen MR) is 68.7 cm³/mol. The molecule has 0 aliphatic rings. The lowest BCUT2D eigenvalue weighted by molar-refractivity contribution is -0.143. The van der Waals surface area contributed by atoms with Crippen LogP contribution in [0.2, 0.25) is 0 Å². The van der Waals surface area contributed by atoms with Crippen LogP contribution >= 0.6 is 46.4 Å². The SMILES string of the molecule is CC(C)C(COC(=O)C(Cl)Cl)NC(=O)C(Cl)Cl. The molecule has 1 atom stereocenters. The van der Waals surface area contributed by atoms with Gasteiger partial charge in [-0.05, 0) is 5.92 Å². The Morgan fingerprint density at radius 2 is 1.65 bits per heavy atom. The summed E-state index contributed by atoms with van der Waals surface area (Å²) >= 11 is 21.4. The number of nitrogens with one attached hydrogen (secondary N) is 1. The van der Waals surface area contributed by atoms with E-state index in [0.717, 1.165) is 0 Å². The van der Waals surface area contributed by atoms with Crippen LogP contribution in [0.5, 0.6) is 0 Å². The van der Waals surface area contributed by atoms with E-state index < -0.39 is 27.6 Å². The van der Waals surface area contributed by atoms with Crippen LogP contribution in [-0.4, -0.2) is 34.2 Å². The van der Waals surface area contributed by atoms with Crippen molar-refractivity contribution >= 4 is 58.3 Å². The Labute approximate surface area is 120 Å². The maximum Gasteiger partial charge on any atom is 0.339 e. The predicted octanol–water partition coefficient (Wildman–Crippen LogP) is 2.28. The Kier molecular flexibility index (Phi) is 8.29. The van der Waals surface area contributed by atoms with Gasteiger partial charge in [0.15, 0.2) is 4.84 Å². The van der Waals surface area contributed by atoms with Crippen LogP contribution in [0.4, 0.5) is 0 Å². The van der Waals surface area contributed by atoms with Crippen molar-refractivity contribution in [1.29, 1.82) is 0 Å². The van der Waals surface area contributed by atoms with Gasteiger partial charge in [0.05, 0.1) is 6.04 Å². The first-order chi connectivity index (χ1) is 7.75. The largest absolute Gasteiger partial charge is 0.461 e. The third-order valence-electron chi connectivity index (χ3n) is 1.91. The van der Waals surface area contributed by atoms with Crippen LogP contribution in [0.25, 0.3) is 0 Å². The lowest BCUT2D eigenvalue weighted by Gasteiger charge is -2.22. The lowest BCUT2D eigenvalue weighted by atomic mass is 10.1. The molecule has 0 radical (unpaired) electrons. The number of rotatable bonds is 6. The molecule has 17 heavy (non-hydrogen) atoms. The Morgan fingerprint density at radius 1 is 1.12 bits per heavy atom. The van der Waals surface area contributed by atoms with Gasteiger partial charge in [-0.25, -0.2) is 4.79 Å². The summed E-state index contributed by atoms with van der Waals surface area (Å²) in [6.07, 6.45) is 0. The highest BCUT2D eigenvalue weighted by molar-refractivity contribution is 6.53. The van der Waals surface area contributed by atoms with E-state index >= 15 is 0 Å². The van der Waals surface area contributed by atoms with Crippen LogP contribution in [0.3, 0.4) is 0 Å². The van der Waals surface area contributed by atoms with E-state index in [-0.39, 0.29) is 12.5 Å². The summed E-state index contributed by atoms with van der Waals surface area (Å²) in [7, 11) is 0. The fourth-order valence-electron chi connectivity index (χ4n) is 0.881. The highest BCUT2D eigenvalue weighted by Crippen LogP contribution is 2.09. The molecule has 0 heterocycles. The van der Waals surface area contributed by atoms with Gasteiger partial charge in [0.25, 0.3) is 5.91 Å². The summed E-state index contributed by atoms with van der Waals surface area (Å²) in [4.78, 5) is 19.9. The van der Waals surface area contributed by atoms with Gasteiger partial charge in [-0.15, -0.1) is 0 Å². The second-order valence-corrected chi connectivity index (χ2v) is 5.78. The smallest absolute Gasteiger partial charge is 0.339 e.